The molecule has 0 amide bonds. The molecule has 0 N–H and O–H groups in total. The van der Waals surface area contributed by atoms with Crippen molar-refractivity contribution in [1.82, 2.24) is 10.2 Å². The third-order valence-electron chi connectivity index (χ3n) is 2.20. The summed E-state index contributed by atoms with van der Waals surface area (Å²) >= 11 is 11.6. The van der Waals surface area contributed by atoms with E-state index in [2.05, 4.69) is 10.2 Å². The molecular weight excluding hydrogens is 250 g/mol. The van der Waals surface area contributed by atoms with Gasteiger partial charge in [-0.05, 0) is 30.2 Å². The number of hydrogen-bond donors (Lipinski definition) is 0. The summed E-state index contributed by atoms with van der Waals surface area (Å²) in [5.74, 6) is -0.290. The van der Waals surface area contributed by atoms with Crippen molar-refractivity contribution in [3.63, 3.8) is 0 Å². The van der Waals surface area contributed by atoms with E-state index in [0.717, 1.165) is 0 Å². The number of aromatic nitrogens is 2. The Balaban J connectivity index is 2.58. The minimum Gasteiger partial charge on any atom is -0.207 e. The van der Waals surface area contributed by atoms with Crippen molar-refractivity contribution in [1.29, 1.82) is 0 Å². The lowest BCUT2D eigenvalue weighted by Crippen LogP contribution is -1.90. The average molecular weight is 257 g/mol. The second-order valence-electron chi connectivity index (χ2n) is 3.34. The molecule has 1 heterocycles. The summed E-state index contributed by atoms with van der Waals surface area (Å²) in [5, 5.41) is 7.69. The number of rotatable bonds is 1. The van der Waals surface area contributed by atoms with Crippen LogP contribution in [0, 0.1) is 12.7 Å². The average Bonchev–Trinajstić information content (AvgIpc) is 2.26. The van der Waals surface area contributed by atoms with E-state index in [1.54, 1.807) is 25.1 Å². The Kier molecular flexibility index (Phi) is 3.08. The van der Waals surface area contributed by atoms with E-state index in [1.807, 2.05) is 0 Å². The summed E-state index contributed by atoms with van der Waals surface area (Å²) in [6.07, 6.45) is 0. The molecule has 0 aliphatic carbocycles. The molecule has 0 saturated carbocycles. The standard InChI is InChI=1S/C11H7Cl2FN2/c1-6-2-3-7(4-9(6)14)8-5-10(12)15-16-11(8)13/h2-5H,1H3. The number of aryl methyl sites for hydroxylation is 1. The Morgan fingerprint density at radius 3 is 2.56 bits per heavy atom. The van der Waals surface area contributed by atoms with Crippen LogP contribution in [0.1, 0.15) is 5.56 Å². The normalized spacial score (nSPS) is 10.5. The molecule has 0 aliphatic rings. The van der Waals surface area contributed by atoms with Gasteiger partial charge in [0.05, 0.1) is 0 Å². The van der Waals surface area contributed by atoms with Crippen molar-refractivity contribution in [2.24, 2.45) is 0 Å². The third-order valence-corrected chi connectivity index (χ3v) is 2.67. The molecule has 1 aromatic heterocycles. The predicted octanol–water partition coefficient (Wildman–Crippen LogP) is 3.90. The van der Waals surface area contributed by atoms with Gasteiger partial charge < -0.3 is 0 Å². The lowest BCUT2D eigenvalue weighted by molar-refractivity contribution is 0.619. The topological polar surface area (TPSA) is 25.8 Å². The summed E-state index contributed by atoms with van der Waals surface area (Å²) in [4.78, 5) is 0. The fraction of sp³-hybridized carbons (Fsp3) is 0.0909. The molecule has 0 radical (unpaired) electrons. The van der Waals surface area contributed by atoms with E-state index in [9.17, 15) is 4.39 Å². The second kappa shape index (κ2) is 4.36. The van der Waals surface area contributed by atoms with Crippen molar-refractivity contribution < 1.29 is 4.39 Å². The maximum atomic E-state index is 13.4. The van der Waals surface area contributed by atoms with Gasteiger partial charge in [-0.3, -0.25) is 0 Å². The number of halogens is 3. The van der Waals surface area contributed by atoms with Gasteiger partial charge in [0, 0.05) is 5.56 Å². The number of hydrogen-bond acceptors (Lipinski definition) is 2. The van der Waals surface area contributed by atoms with E-state index in [-0.39, 0.29) is 16.1 Å². The van der Waals surface area contributed by atoms with Crippen molar-refractivity contribution in [3.05, 3.63) is 46.0 Å². The Bertz CT molecular complexity index is 544. The SMILES string of the molecule is Cc1ccc(-c2cc(Cl)nnc2Cl)cc1F. The van der Waals surface area contributed by atoms with Gasteiger partial charge in [0.15, 0.2) is 10.3 Å². The van der Waals surface area contributed by atoms with Crippen LogP contribution in [0.5, 0.6) is 0 Å². The molecule has 82 valence electrons. The summed E-state index contributed by atoms with van der Waals surface area (Å²) in [5.41, 5.74) is 1.78. The van der Waals surface area contributed by atoms with Gasteiger partial charge in [0.25, 0.3) is 0 Å². The Labute approximate surface area is 102 Å². The Morgan fingerprint density at radius 1 is 1.12 bits per heavy atom. The predicted molar refractivity (Wildman–Crippen MR) is 62.2 cm³/mol. The van der Waals surface area contributed by atoms with Crippen LogP contribution in [-0.4, -0.2) is 10.2 Å². The van der Waals surface area contributed by atoms with Gasteiger partial charge in [-0.25, -0.2) is 4.39 Å². The van der Waals surface area contributed by atoms with Crippen LogP contribution in [0.3, 0.4) is 0 Å². The van der Waals surface area contributed by atoms with Crippen LogP contribution >= 0.6 is 23.2 Å². The van der Waals surface area contributed by atoms with Crippen LogP contribution in [0.4, 0.5) is 4.39 Å². The van der Waals surface area contributed by atoms with Gasteiger partial charge in [0.1, 0.15) is 5.82 Å². The first-order chi connectivity index (χ1) is 7.58. The van der Waals surface area contributed by atoms with Crippen molar-refractivity contribution in [2.45, 2.75) is 6.92 Å². The molecule has 2 rings (SSSR count). The van der Waals surface area contributed by atoms with Crippen molar-refractivity contribution >= 4 is 23.2 Å². The fourth-order valence-corrected chi connectivity index (χ4v) is 1.66. The van der Waals surface area contributed by atoms with Gasteiger partial charge in [-0.2, -0.15) is 0 Å². The van der Waals surface area contributed by atoms with E-state index >= 15 is 0 Å². The first-order valence-corrected chi connectivity index (χ1v) is 5.29. The molecule has 0 atom stereocenters. The zero-order valence-electron chi connectivity index (χ0n) is 8.34. The molecule has 0 saturated heterocycles. The quantitative estimate of drug-likeness (QED) is 0.774. The molecule has 0 spiro atoms. The molecule has 2 aromatic rings. The minimum absolute atomic E-state index is 0.202. The Hall–Kier alpha value is -1.19. The highest BCUT2D eigenvalue weighted by Gasteiger charge is 2.08. The van der Waals surface area contributed by atoms with Gasteiger partial charge in [-0.15, -0.1) is 10.2 Å². The fourth-order valence-electron chi connectivity index (χ4n) is 1.32. The molecule has 2 nitrogen and oxygen atoms in total. The van der Waals surface area contributed by atoms with Crippen LogP contribution in [0.2, 0.25) is 10.3 Å². The molecular formula is C11H7Cl2FN2. The van der Waals surface area contributed by atoms with Crippen LogP contribution in [-0.2, 0) is 0 Å². The van der Waals surface area contributed by atoms with Crippen molar-refractivity contribution in [2.75, 3.05) is 0 Å². The van der Waals surface area contributed by atoms with Crippen LogP contribution in [0.25, 0.3) is 11.1 Å². The van der Waals surface area contributed by atoms with E-state index < -0.39 is 0 Å². The minimum atomic E-state index is -0.290. The van der Waals surface area contributed by atoms with E-state index in [0.29, 0.717) is 16.7 Å². The highest BCUT2D eigenvalue weighted by Crippen LogP contribution is 2.28. The Morgan fingerprint density at radius 2 is 1.88 bits per heavy atom. The third kappa shape index (κ3) is 2.15. The summed E-state index contributed by atoms with van der Waals surface area (Å²) < 4.78 is 13.4. The first-order valence-electron chi connectivity index (χ1n) is 4.53. The highest BCUT2D eigenvalue weighted by molar-refractivity contribution is 6.33. The smallest absolute Gasteiger partial charge is 0.159 e. The molecule has 1 aromatic carbocycles. The van der Waals surface area contributed by atoms with Crippen LogP contribution in [0.15, 0.2) is 24.3 Å². The first kappa shape index (κ1) is 11.3. The lowest BCUT2D eigenvalue weighted by Gasteiger charge is -2.04. The highest BCUT2D eigenvalue weighted by atomic mass is 35.5. The lowest BCUT2D eigenvalue weighted by atomic mass is 10.1. The molecule has 0 bridgehead atoms. The zero-order chi connectivity index (χ0) is 11.7. The molecule has 16 heavy (non-hydrogen) atoms. The number of benzene rings is 1. The molecule has 5 heteroatoms. The molecule has 0 aliphatic heterocycles. The van der Waals surface area contributed by atoms with Gasteiger partial charge in [0.2, 0.25) is 0 Å². The largest absolute Gasteiger partial charge is 0.207 e. The van der Waals surface area contributed by atoms with Crippen LogP contribution < -0.4 is 0 Å². The number of nitrogens with zero attached hydrogens (tertiary/aromatic N) is 2. The maximum absolute atomic E-state index is 13.4. The monoisotopic (exact) mass is 256 g/mol. The zero-order valence-corrected chi connectivity index (χ0v) is 9.85. The van der Waals surface area contributed by atoms with Crippen molar-refractivity contribution in [3.8, 4) is 11.1 Å². The second-order valence-corrected chi connectivity index (χ2v) is 4.08. The van der Waals surface area contributed by atoms with Gasteiger partial charge in [-0.1, -0.05) is 35.3 Å². The van der Waals surface area contributed by atoms with E-state index in [1.165, 1.54) is 6.07 Å². The van der Waals surface area contributed by atoms with Gasteiger partial charge >= 0.3 is 0 Å². The summed E-state index contributed by atoms with van der Waals surface area (Å²) in [6, 6.07) is 6.39. The summed E-state index contributed by atoms with van der Waals surface area (Å²) in [7, 11) is 0. The van der Waals surface area contributed by atoms with E-state index in [4.69, 9.17) is 23.2 Å². The maximum Gasteiger partial charge on any atom is 0.159 e. The molecule has 0 fully saturated rings. The molecule has 0 unspecified atom stereocenters. The summed E-state index contributed by atoms with van der Waals surface area (Å²) in [6.45, 7) is 1.69.